The fourth-order valence-corrected chi connectivity index (χ4v) is 9.73. The third-order valence-electron chi connectivity index (χ3n) is 11.0. The van der Waals surface area contributed by atoms with Crippen LogP contribution in [0, 0.1) is 57.2 Å². The van der Waals surface area contributed by atoms with E-state index >= 15 is 0 Å². The summed E-state index contributed by atoms with van der Waals surface area (Å²) in [6, 6.07) is 2.47. The summed E-state index contributed by atoms with van der Waals surface area (Å²) in [5.41, 5.74) is -2.44. The Hall–Kier alpha value is -1.74. The molecular weight excluding hydrogens is 382 g/mol. The Morgan fingerprint density at radius 2 is 1.83 bits per heavy atom. The number of fused-ring (bicyclic) bond motifs is 7. The molecule has 1 aliphatic heterocycles. The number of nitriles is 1. The first-order valence-corrected chi connectivity index (χ1v) is 11.5. The number of hydrogen-bond acceptors (Lipinski definition) is 6. The molecule has 30 heavy (non-hydrogen) atoms. The van der Waals surface area contributed by atoms with Crippen molar-refractivity contribution in [3.63, 3.8) is 0 Å². The van der Waals surface area contributed by atoms with E-state index in [4.69, 9.17) is 4.74 Å². The number of aliphatic hydroxyl groups excluding tert-OH is 1. The smallest absolute Gasteiger partial charge is 0.306 e. The van der Waals surface area contributed by atoms with Crippen LogP contribution in [0.5, 0.6) is 0 Å². The van der Waals surface area contributed by atoms with Crippen molar-refractivity contribution in [2.24, 2.45) is 45.8 Å². The Morgan fingerprint density at radius 3 is 2.50 bits per heavy atom. The zero-order valence-electron chi connectivity index (χ0n) is 17.6. The second-order valence-electron chi connectivity index (χ2n) is 11.5. The molecule has 2 bridgehead atoms. The van der Waals surface area contributed by atoms with Crippen LogP contribution in [0.2, 0.25) is 0 Å². The predicted molar refractivity (Wildman–Crippen MR) is 103 cm³/mol. The number of hydrogen-bond donors (Lipinski definition) is 1. The van der Waals surface area contributed by atoms with Crippen LogP contribution in [-0.2, 0) is 19.1 Å². The molecule has 10 atom stereocenters. The molecule has 0 aromatic rings. The van der Waals surface area contributed by atoms with Gasteiger partial charge in [0.15, 0.2) is 0 Å². The summed E-state index contributed by atoms with van der Waals surface area (Å²) in [7, 11) is 0. The van der Waals surface area contributed by atoms with Crippen LogP contribution < -0.4 is 0 Å². The van der Waals surface area contributed by atoms with Crippen LogP contribution in [-0.4, -0.2) is 34.3 Å². The number of aliphatic hydroxyl groups is 1. The summed E-state index contributed by atoms with van der Waals surface area (Å²) in [6.45, 7) is 4.21. The van der Waals surface area contributed by atoms with Gasteiger partial charge >= 0.3 is 5.97 Å². The third-order valence-corrected chi connectivity index (χ3v) is 11.0. The Kier molecular flexibility index (Phi) is 3.39. The minimum Gasteiger partial charge on any atom is -0.458 e. The molecular formula is C24H29NO5. The highest BCUT2D eigenvalue weighted by Gasteiger charge is 2.79. The fourth-order valence-electron chi connectivity index (χ4n) is 9.73. The fraction of sp³-hybridized carbons (Fsp3) is 0.833. The van der Waals surface area contributed by atoms with Crippen molar-refractivity contribution >= 4 is 17.5 Å². The van der Waals surface area contributed by atoms with Crippen molar-refractivity contribution in [2.75, 3.05) is 0 Å². The van der Waals surface area contributed by atoms with Crippen molar-refractivity contribution in [3.05, 3.63) is 0 Å². The van der Waals surface area contributed by atoms with Gasteiger partial charge in [0, 0.05) is 24.2 Å². The van der Waals surface area contributed by atoms with Gasteiger partial charge in [0.05, 0.1) is 23.5 Å². The number of esters is 1. The van der Waals surface area contributed by atoms with Crippen molar-refractivity contribution in [1.29, 1.82) is 5.26 Å². The molecule has 5 saturated carbocycles. The standard InChI is InChI=1S/C24H29NO5/c1-21-6-4-14(26)19-20(29)12(9-23(19,21)11-25)17-13-3-7-24(8-5-16(28)30-24)22(13,2)10-15(27)18(17)21/h12-13,15,17-19,27H,3-10H2,1-2H3/t12-,13+,15-,17+,18+,19+,21-,22+,23+,24-/m1/s1. The van der Waals surface area contributed by atoms with Crippen LogP contribution in [0.15, 0.2) is 0 Å². The molecule has 0 aromatic carbocycles. The second kappa shape index (κ2) is 5.35. The molecule has 0 amide bonds. The zero-order chi connectivity index (χ0) is 21.3. The molecule has 0 radical (unpaired) electrons. The van der Waals surface area contributed by atoms with E-state index in [1.165, 1.54) is 0 Å². The van der Waals surface area contributed by atoms with Crippen molar-refractivity contribution in [1.82, 2.24) is 0 Å². The molecule has 0 unspecified atom stereocenters. The SMILES string of the molecule is C[C@]12C[C@@H](O)[C@H]3[C@@H]([C@H]4C[C@]5(C#N)[C@@H](C(=O)CC[C@]35C)C4=O)[C@@H]1CC[C@@]21CCC(=O)O1. The summed E-state index contributed by atoms with van der Waals surface area (Å²) in [5.74, 6) is -1.52. The highest BCUT2D eigenvalue weighted by molar-refractivity contribution is 6.07. The lowest BCUT2D eigenvalue weighted by Gasteiger charge is -2.64. The lowest BCUT2D eigenvalue weighted by atomic mass is 9.39. The molecule has 1 spiro atoms. The quantitative estimate of drug-likeness (QED) is 0.485. The number of ether oxygens (including phenoxy) is 1. The molecule has 5 aliphatic carbocycles. The molecule has 1 saturated heterocycles. The third kappa shape index (κ3) is 1.74. The zero-order valence-corrected chi connectivity index (χ0v) is 17.6. The number of Topliss-reactive ketones (excluding diaryl/α,β-unsaturated/α-hetero) is 2. The first-order chi connectivity index (χ1) is 14.1. The lowest BCUT2D eigenvalue weighted by Crippen LogP contribution is -2.65. The van der Waals surface area contributed by atoms with E-state index in [2.05, 4.69) is 19.9 Å². The maximum absolute atomic E-state index is 13.6. The van der Waals surface area contributed by atoms with Gasteiger partial charge in [-0.15, -0.1) is 0 Å². The van der Waals surface area contributed by atoms with Crippen LogP contribution in [0.4, 0.5) is 0 Å². The van der Waals surface area contributed by atoms with E-state index < -0.39 is 28.5 Å². The van der Waals surface area contributed by atoms with Gasteiger partial charge in [-0.1, -0.05) is 13.8 Å². The summed E-state index contributed by atoms with van der Waals surface area (Å²) in [6.07, 6.45) is 3.95. The molecule has 6 rings (SSSR count). The Balaban J connectivity index is 1.52. The van der Waals surface area contributed by atoms with Crippen molar-refractivity contribution in [3.8, 4) is 6.07 Å². The van der Waals surface area contributed by atoms with Crippen molar-refractivity contribution in [2.45, 2.75) is 76.9 Å². The minimum absolute atomic E-state index is 0.0488. The van der Waals surface area contributed by atoms with Gasteiger partial charge in [-0.2, -0.15) is 5.26 Å². The molecule has 6 nitrogen and oxygen atoms in total. The van der Waals surface area contributed by atoms with Crippen molar-refractivity contribution < 1.29 is 24.2 Å². The van der Waals surface area contributed by atoms with Gasteiger partial charge in [-0.25, -0.2) is 0 Å². The molecule has 1 N–H and O–H groups in total. The van der Waals surface area contributed by atoms with Gasteiger partial charge < -0.3 is 9.84 Å². The number of rotatable bonds is 0. The van der Waals surface area contributed by atoms with E-state index in [1.54, 1.807) is 0 Å². The number of ketones is 2. The Bertz CT molecular complexity index is 938. The average Bonchev–Trinajstić information content (AvgIpc) is 3.31. The number of carbonyl (C=O) groups is 3. The van der Waals surface area contributed by atoms with Crippen LogP contribution in [0.1, 0.15) is 65.2 Å². The first kappa shape index (κ1) is 19.0. The van der Waals surface area contributed by atoms with E-state index in [0.717, 1.165) is 12.8 Å². The Labute approximate surface area is 176 Å². The van der Waals surface area contributed by atoms with E-state index in [0.29, 0.717) is 38.5 Å². The Morgan fingerprint density at radius 1 is 1.07 bits per heavy atom. The highest BCUT2D eigenvalue weighted by atomic mass is 16.6. The molecule has 0 aromatic heterocycles. The number of nitrogens with zero attached hydrogens (tertiary/aromatic N) is 1. The summed E-state index contributed by atoms with van der Waals surface area (Å²) < 4.78 is 5.94. The average molecular weight is 411 g/mol. The lowest BCUT2D eigenvalue weighted by molar-refractivity contribution is -0.213. The van der Waals surface area contributed by atoms with E-state index in [9.17, 15) is 24.8 Å². The van der Waals surface area contributed by atoms with Gasteiger partial charge in [0.25, 0.3) is 0 Å². The van der Waals surface area contributed by atoms with Gasteiger partial charge in [0.1, 0.15) is 17.2 Å². The van der Waals surface area contributed by atoms with Crippen LogP contribution >= 0.6 is 0 Å². The maximum atomic E-state index is 13.6. The minimum atomic E-state index is -0.976. The molecule has 6 aliphatic rings. The normalized spacial score (nSPS) is 58.4. The van der Waals surface area contributed by atoms with Gasteiger partial charge in [0.2, 0.25) is 0 Å². The van der Waals surface area contributed by atoms with E-state index in [-0.39, 0.29) is 46.6 Å². The topological polar surface area (TPSA) is 104 Å². The van der Waals surface area contributed by atoms with Gasteiger partial charge in [-0.05, 0) is 61.7 Å². The first-order valence-electron chi connectivity index (χ1n) is 11.5. The second-order valence-corrected chi connectivity index (χ2v) is 11.5. The largest absolute Gasteiger partial charge is 0.458 e. The monoisotopic (exact) mass is 411 g/mol. The highest BCUT2D eigenvalue weighted by Crippen LogP contribution is 2.76. The molecule has 6 fully saturated rings. The molecule has 1 heterocycles. The molecule has 6 heteroatoms. The van der Waals surface area contributed by atoms with Gasteiger partial charge in [-0.3, -0.25) is 14.4 Å². The maximum Gasteiger partial charge on any atom is 0.306 e. The summed E-state index contributed by atoms with van der Waals surface area (Å²) >= 11 is 0. The summed E-state index contributed by atoms with van der Waals surface area (Å²) in [5, 5.41) is 21.9. The number of carbonyl (C=O) groups excluding carboxylic acids is 3. The van der Waals surface area contributed by atoms with E-state index in [1.807, 2.05) is 0 Å². The summed E-state index contributed by atoms with van der Waals surface area (Å²) in [4.78, 5) is 38.5. The van der Waals surface area contributed by atoms with Crippen LogP contribution in [0.3, 0.4) is 0 Å². The van der Waals surface area contributed by atoms with Crippen LogP contribution in [0.25, 0.3) is 0 Å². The molecule has 160 valence electrons. The predicted octanol–water partition coefficient (Wildman–Crippen LogP) is 2.57.